The van der Waals surface area contributed by atoms with Gasteiger partial charge in [0.05, 0.1) is 18.1 Å². The first kappa shape index (κ1) is 10.3. The fourth-order valence-corrected chi connectivity index (χ4v) is 1.73. The van der Waals surface area contributed by atoms with E-state index in [1.807, 2.05) is 12.3 Å². The van der Waals surface area contributed by atoms with Crippen molar-refractivity contribution < 1.29 is 0 Å². The summed E-state index contributed by atoms with van der Waals surface area (Å²) in [6.07, 6.45) is 7.57. The summed E-state index contributed by atoms with van der Waals surface area (Å²) in [6.45, 7) is 0. The SMILES string of the molecule is NC(=S)c1cnc(-n2ccc(C3CC3)n2)cn1. The fraction of sp³-hybridized carbons (Fsp3) is 0.273. The van der Waals surface area contributed by atoms with Gasteiger partial charge in [0.1, 0.15) is 10.7 Å². The maximum Gasteiger partial charge on any atom is 0.171 e. The maximum absolute atomic E-state index is 5.46. The summed E-state index contributed by atoms with van der Waals surface area (Å²) in [5.74, 6) is 1.32. The van der Waals surface area contributed by atoms with Gasteiger partial charge in [0.2, 0.25) is 0 Å². The second-order valence-electron chi connectivity index (χ2n) is 4.08. The first-order valence-electron chi connectivity index (χ1n) is 5.42. The molecule has 2 aromatic rings. The van der Waals surface area contributed by atoms with E-state index in [0.29, 0.717) is 17.4 Å². The molecule has 0 saturated heterocycles. The maximum atomic E-state index is 5.46. The van der Waals surface area contributed by atoms with Crippen molar-refractivity contribution in [1.29, 1.82) is 0 Å². The summed E-state index contributed by atoms with van der Waals surface area (Å²) in [5.41, 5.74) is 7.12. The summed E-state index contributed by atoms with van der Waals surface area (Å²) >= 11 is 4.82. The molecule has 0 aliphatic heterocycles. The Labute approximate surface area is 104 Å². The molecule has 3 rings (SSSR count). The number of aromatic nitrogens is 4. The standard InChI is InChI=1S/C11H11N5S/c12-11(17)9-5-14-10(6-13-9)16-4-3-8(15-16)7-1-2-7/h3-7H,1-2H2,(H2,12,17). The zero-order valence-electron chi connectivity index (χ0n) is 9.08. The van der Waals surface area contributed by atoms with Gasteiger partial charge in [-0.25, -0.2) is 14.6 Å². The van der Waals surface area contributed by atoms with Crippen LogP contribution in [0.2, 0.25) is 0 Å². The highest BCUT2D eigenvalue weighted by Gasteiger charge is 2.25. The molecule has 0 unspecified atom stereocenters. The topological polar surface area (TPSA) is 69.6 Å². The highest BCUT2D eigenvalue weighted by Crippen LogP contribution is 2.38. The molecule has 86 valence electrons. The Kier molecular flexibility index (Phi) is 2.36. The molecule has 0 atom stereocenters. The second-order valence-corrected chi connectivity index (χ2v) is 4.52. The van der Waals surface area contributed by atoms with E-state index in [1.165, 1.54) is 12.8 Å². The Bertz CT molecular complexity index is 555. The molecular formula is C11H11N5S. The van der Waals surface area contributed by atoms with Crippen LogP contribution in [0.3, 0.4) is 0 Å². The normalized spacial score (nSPS) is 14.8. The summed E-state index contributed by atoms with van der Waals surface area (Å²) in [4.78, 5) is 8.62. The fourth-order valence-electron chi connectivity index (χ4n) is 1.63. The average Bonchev–Trinajstić information content (AvgIpc) is 3.07. The molecule has 0 spiro atoms. The van der Waals surface area contributed by atoms with E-state index in [-0.39, 0.29) is 4.99 Å². The third kappa shape index (κ3) is 2.03. The van der Waals surface area contributed by atoms with Gasteiger partial charge in [0, 0.05) is 12.1 Å². The molecule has 1 fully saturated rings. The number of nitrogens with zero attached hydrogens (tertiary/aromatic N) is 4. The number of rotatable bonds is 3. The van der Waals surface area contributed by atoms with Gasteiger partial charge in [0.15, 0.2) is 5.82 Å². The van der Waals surface area contributed by atoms with Crippen LogP contribution in [0.5, 0.6) is 0 Å². The van der Waals surface area contributed by atoms with E-state index in [9.17, 15) is 0 Å². The van der Waals surface area contributed by atoms with Crippen LogP contribution in [0.1, 0.15) is 30.1 Å². The van der Waals surface area contributed by atoms with Gasteiger partial charge >= 0.3 is 0 Å². The molecule has 2 N–H and O–H groups in total. The Balaban J connectivity index is 1.89. The third-order valence-corrected chi connectivity index (χ3v) is 2.94. The zero-order chi connectivity index (χ0) is 11.8. The monoisotopic (exact) mass is 245 g/mol. The van der Waals surface area contributed by atoms with Crippen molar-refractivity contribution in [3.8, 4) is 5.82 Å². The molecular weight excluding hydrogens is 234 g/mol. The van der Waals surface area contributed by atoms with Crippen molar-refractivity contribution >= 4 is 17.2 Å². The van der Waals surface area contributed by atoms with E-state index in [4.69, 9.17) is 18.0 Å². The lowest BCUT2D eigenvalue weighted by molar-refractivity contribution is 0.805. The molecule has 0 radical (unpaired) electrons. The summed E-state index contributed by atoms with van der Waals surface area (Å²) in [6, 6.07) is 2.03. The Morgan fingerprint density at radius 3 is 2.76 bits per heavy atom. The number of hydrogen-bond donors (Lipinski definition) is 1. The quantitative estimate of drug-likeness (QED) is 0.822. The Hall–Kier alpha value is -1.82. The molecule has 5 nitrogen and oxygen atoms in total. The molecule has 17 heavy (non-hydrogen) atoms. The molecule has 6 heteroatoms. The first-order valence-corrected chi connectivity index (χ1v) is 5.82. The minimum Gasteiger partial charge on any atom is -0.388 e. The van der Waals surface area contributed by atoms with E-state index >= 15 is 0 Å². The van der Waals surface area contributed by atoms with Crippen molar-refractivity contribution in [2.45, 2.75) is 18.8 Å². The van der Waals surface area contributed by atoms with E-state index in [1.54, 1.807) is 17.1 Å². The summed E-state index contributed by atoms with van der Waals surface area (Å²) in [5, 5.41) is 4.47. The van der Waals surface area contributed by atoms with Crippen molar-refractivity contribution in [2.24, 2.45) is 5.73 Å². The van der Waals surface area contributed by atoms with Crippen LogP contribution in [-0.4, -0.2) is 24.7 Å². The summed E-state index contributed by atoms with van der Waals surface area (Å²) in [7, 11) is 0. The van der Waals surface area contributed by atoms with E-state index < -0.39 is 0 Å². The minimum atomic E-state index is 0.253. The lowest BCUT2D eigenvalue weighted by atomic mass is 10.3. The Morgan fingerprint density at radius 1 is 1.35 bits per heavy atom. The van der Waals surface area contributed by atoms with Crippen molar-refractivity contribution in [3.05, 3.63) is 36.0 Å². The number of hydrogen-bond acceptors (Lipinski definition) is 4. The lowest BCUT2D eigenvalue weighted by Gasteiger charge is -2.01. The first-order chi connectivity index (χ1) is 8.24. The van der Waals surface area contributed by atoms with Crippen molar-refractivity contribution in [3.63, 3.8) is 0 Å². The van der Waals surface area contributed by atoms with Gasteiger partial charge in [0.25, 0.3) is 0 Å². The second kappa shape index (κ2) is 3.89. The van der Waals surface area contributed by atoms with E-state index in [2.05, 4.69) is 15.1 Å². The number of thiocarbonyl (C=S) groups is 1. The molecule has 0 amide bonds. The van der Waals surface area contributed by atoms with Gasteiger partial charge in [-0.1, -0.05) is 12.2 Å². The molecule has 1 aliphatic rings. The zero-order valence-corrected chi connectivity index (χ0v) is 9.89. The van der Waals surface area contributed by atoms with E-state index in [0.717, 1.165) is 5.69 Å². The smallest absolute Gasteiger partial charge is 0.171 e. The molecule has 0 bridgehead atoms. The third-order valence-electron chi connectivity index (χ3n) is 2.73. The number of nitrogens with two attached hydrogens (primary N) is 1. The van der Waals surface area contributed by atoms with Crippen LogP contribution in [0, 0.1) is 0 Å². The van der Waals surface area contributed by atoms with Crippen molar-refractivity contribution in [1.82, 2.24) is 19.7 Å². The van der Waals surface area contributed by atoms with Gasteiger partial charge in [-0.15, -0.1) is 0 Å². The van der Waals surface area contributed by atoms with Crippen molar-refractivity contribution in [2.75, 3.05) is 0 Å². The highest BCUT2D eigenvalue weighted by molar-refractivity contribution is 7.80. The van der Waals surface area contributed by atoms with Crippen LogP contribution in [0.4, 0.5) is 0 Å². The van der Waals surface area contributed by atoms with Crippen LogP contribution < -0.4 is 5.73 Å². The molecule has 2 heterocycles. The van der Waals surface area contributed by atoms with Gasteiger partial charge in [-0.05, 0) is 18.9 Å². The van der Waals surface area contributed by atoms with Crippen LogP contribution in [-0.2, 0) is 0 Å². The molecule has 1 aliphatic carbocycles. The molecule has 0 aromatic carbocycles. The molecule has 1 saturated carbocycles. The van der Waals surface area contributed by atoms with Crippen LogP contribution in [0.25, 0.3) is 5.82 Å². The predicted octanol–water partition coefficient (Wildman–Crippen LogP) is 1.17. The average molecular weight is 245 g/mol. The lowest BCUT2D eigenvalue weighted by Crippen LogP contribution is -2.12. The van der Waals surface area contributed by atoms with Gasteiger partial charge in [-0.2, -0.15) is 5.10 Å². The van der Waals surface area contributed by atoms with Crippen LogP contribution >= 0.6 is 12.2 Å². The van der Waals surface area contributed by atoms with Gasteiger partial charge in [-0.3, -0.25) is 0 Å². The van der Waals surface area contributed by atoms with Crippen LogP contribution in [0.15, 0.2) is 24.7 Å². The van der Waals surface area contributed by atoms with Gasteiger partial charge < -0.3 is 5.73 Å². The predicted molar refractivity (Wildman–Crippen MR) is 67.0 cm³/mol. The Morgan fingerprint density at radius 2 is 2.18 bits per heavy atom. The minimum absolute atomic E-state index is 0.253. The largest absolute Gasteiger partial charge is 0.388 e. The summed E-state index contributed by atoms with van der Waals surface area (Å²) < 4.78 is 1.73. The highest BCUT2D eigenvalue weighted by atomic mass is 32.1. The molecule has 2 aromatic heterocycles.